The summed E-state index contributed by atoms with van der Waals surface area (Å²) in [5.74, 6) is 0.470. The maximum Gasteiger partial charge on any atom is 0.161 e. The van der Waals surface area contributed by atoms with Crippen LogP contribution >= 0.6 is 0 Å². The van der Waals surface area contributed by atoms with Crippen LogP contribution in [0.4, 0.5) is 0 Å². The van der Waals surface area contributed by atoms with Gasteiger partial charge in [-0.05, 0) is 62.5 Å². The highest BCUT2D eigenvalue weighted by molar-refractivity contribution is 5.51. The Balaban J connectivity index is 1.37. The monoisotopic (exact) mass is 396 g/mol. The maximum absolute atomic E-state index is 10.4. The molecule has 2 aliphatic heterocycles. The zero-order valence-corrected chi connectivity index (χ0v) is 17.2. The minimum absolute atomic E-state index is 0.0252. The molecule has 5 heteroatoms. The van der Waals surface area contributed by atoms with Crippen molar-refractivity contribution in [3.63, 3.8) is 0 Å². The normalized spacial score (nSPS) is 23.1. The molecular formula is C24H32N2O3. The summed E-state index contributed by atoms with van der Waals surface area (Å²) >= 11 is 0. The van der Waals surface area contributed by atoms with Gasteiger partial charge in [0.25, 0.3) is 0 Å². The fraction of sp³-hybridized carbons (Fsp3) is 0.500. The van der Waals surface area contributed by atoms with Crippen molar-refractivity contribution >= 4 is 0 Å². The lowest BCUT2D eigenvalue weighted by atomic mass is 9.83. The van der Waals surface area contributed by atoms with E-state index in [-0.39, 0.29) is 23.7 Å². The highest BCUT2D eigenvalue weighted by atomic mass is 16.5. The second-order valence-electron chi connectivity index (χ2n) is 8.34. The summed E-state index contributed by atoms with van der Waals surface area (Å²) < 4.78 is 6.48. The van der Waals surface area contributed by atoms with E-state index in [2.05, 4.69) is 40.5 Å². The number of nitrogens with one attached hydrogen (secondary N) is 1. The van der Waals surface area contributed by atoms with Gasteiger partial charge in [0, 0.05) is 25.1 Å². The summed E-state index contributed by atoms with van der Waals surface area (Å²) in [6.45, 7) is 3.98. The van der Waals surface area contributed by atoms with Gasteiger partial charge in [-0.2, -0.15) is 0 Å². The zero-order valence-electron chi connectivity index (χ0n) is 17.2. The van der Waals surface area contributed by atoms with Crippen LogP contribution in [0.5, 0.6) is 11.5 Å². The van der Waals surface area contributed by atoms with Crippen molar-refractivity contribution < 1.29 is 14.9 Å². The van der Waals surface area contributed by atoms with E-state index in [1.54, 1.807) is 6.07 Å². The SMILES string of the molecule is CNC[C@H]1O[C@@H](C2CCN(CCc3ccccc3)CC2)Cc2c1ccc(O)c2O. The summed E-state index contributed by atoms with van der Waals surface area (Å²) in [7, 11) is 1.91. The number of phenolic OH excluding ortho intramolecular Hbond substituents is 2. The van der Waals surface area contributed by atoms with Crippen molar-refractivity contribution in [2.24, 2.45) is 5.92 Å². The fourth-order valence-corrected chi connectivity index (χ4v) is 4.79. The Hall–Kier alpha value is -2.08. The molecule has 2 heterocycles. The molecule has 2 atom stereocenters. The van der Waals surface area contributed by atoms with E-state index in [4.69, 9.17) is 4.74 Å². The first kappa shape index (κ1) is 20.2. The lowest BCUT2D eigenvalue weighted by Gasteiger charge is -2.40. The predicted molar refractivity (Wildman–Crippen MR) is 114 cm³/mol. The van der Waals surface area contributed by atoms with Gasteiger partial charge in [-0.25, -0.2) is 0 Å². The number of piperidine rings is 1. The Morgan fingerprint density at radius 3 is 2.55 bits per heavy atom. The Labute approximate surface area is 173 Å². The van der Waals surface area contributed by atoms with Crippen molar-refractivity contribution in [3.8, 4) is 11.5 Å². The third kappa shape index (κ3) is 4.58. The first-order valence-corrected chi connectivity index (χ1v) is 10.8. The number of rotatable bonds is 6. The topological polar surface area (TPSA) is 65.0 Å². The lowest BCUT2D eigenvalue weighted by molar-refractivity contribution is -0.0670. The molecule has 1 fully saturated rings. The molecule has 1 saturated heterocycles. The van der Waals surface area contributed by atoms with Crippen molar-refractivity contribution in [2.45, 2.75) is 37.9 Å². The highest BCUT2D eigenvalue weighted by Crippen LogP contribution is 2.42. The molecule has 156 valence electrons. The van der Waals surface area contributed by atoms with E-state index in [0.717, 1.165) is 50.0 Å². The van der Waals surface area contributed by atoms with Gasteiger partial charge in [-0.15, -0.1) is 0 Å². The van der Waals surface area contributed by atoms with E-state index in [0.29, 0.717) is 18.9 Å². The molecule has 0 spiro atoms. The van der Waals surface area contributed by atoms with E-state index in [1.807, 2.05) is 13.1 Å². The molecule has 0 bridgehead atoms. The van der Waals surface area contributed by atoms with E-state index in [1.165, 1.54) is 5.56 Å². The van der Waals surface area contributed by atoms with Crippen molar-refractivity contribution in [1.29, 1.82) is 0 Å². The number of benzene rings is 2. The molecule has 3 N–H and O–H groups in total. The highest BCUT2D eigenvalue weighted by Gasteiger charge is 2.35. The van der Waals surface area contributed by atoms with Gasteiger partial charge in [-0.1, -0.05) is 36.4 Å². The van der Waals surface area contributed by atoms with Gasteiger partial charge in [-0.3, -0.25) is 0 Å². The number of fused-ring (bicyclic) bond motifs is 1. The number of ether oxygens (including phenoxy) is 1. The summed E-state index contributed by atoms with van der Waals surface area (Å²) in [6, 6.07) is 14.1. The van der Waals surface area contributed by atoms with Crippen LogP contribution in [-0.2, 0) is 17.6 Å². The average molecular weight is 397 g/mol. The number of hydrogen-bond donors (Lipinski definition) is 3. The molecule has 2 aromatic rings. The standard InChI is InChI=1S/C24H32N2O3/c1-25-16-23-19-7-8-21(27)24(28)20(19)15-22(29-23)18-10-13-26(14-11-18)12-9-17-5-3-2-4-6-17/h2-8,18,22-23,25,27-28H,9-16H2,1H3/t22-,23-/m1/s1. The van der Waals surface area contributed by atoms with Crippen LogP contribution in [0.3, 0.4) is 0 Å². The molecule has 2 aromatic carbocycles. The molecular weight excluding hydrogens is 364 g/mol. The second kappa shape index (κ2) is 9.16. The lowest BCUT2D eigenvalue weighted by Crippen LogP contribution is -2.42. The smallest absolute Gasteiger partial charge is 0.161 e. The number of likely N-dealkylation sites (N-methyl/N-ethyl adjacent to an activating group) is 1. The molecule has 29 heavy (non-hydrogen) atoms. The van der Waals surface area contributed by atoms with Crippen molar-refractivity contribution in [1.82, 2.24) is 10.2 Å². The number of likely N-dealkylation sites (tertiary alicyclic amines) is 1. The average Bonchev–Trinajstić information content (AvgIpc) is 2.76. The van der Waals surface area contributed by atoms with Crippen LogP contribution in [0, 0.1) is 5.92 Å². The first-order valence-electron chi connectivity index (χ1n) is 10.8. The molecule has 5 nitrogen and oxygen atoms in total. The molecule has 4 rings (SSSR count). The van der Waals surface area contributed by atoms with Crippen molar-refractivity contribution in [2.75, 3.05) is 33.2 Å². The zero-order chi connectivity index (χ0) is 20.2. The predicted octanol–water partition coefficient (Wildman–Crippen LogP) is 3.25. The van der Waals surface area contributed by atoms with Gasteiger partial charge in [0.2, 0.25) is 0 Å². The largest absolute Gasteiger partial charge is 0.504 e. The first-order chi connectivity index (χ1) is 14.2. The van der Waals surface area contributed by atoms with Crippen LogP contribution in [0.1, 0.15) is 35.6 Å². The quantitative estimate of drug-likeness (QED) is 0.654. The number of nitrogens with zero attached hydrogens (tertiary/aromatic N) is 1. The fourth-order valence-electron chi connectivity index (χ4n) is 4.79. The van der Waals surface area contributed by atoms with Gasteiger partial charge in [0.05, 0.1) is 12.2 Å². The van der Waals surface area contributed by atoms with Gasteiger partial charge in [0.1, 0.15) is 0 Å². The van der Waals surface area contributed by atoms with Gasteiger partial charge < -0.3 is 25.2 Å². The van der Waals surface area contributed by atoms with Gasteiger partial charge in [0.15, 0.2) is 11.5 Å². The number of aromatic hydroxyl groups is 2. The summed E-state index contributed by atoms with van der Waals surface area (Å²) in [5.41, 5.74) is 3.24. The van der Waals surface area contributed by atoms with E-state index < -0.39 is 0 Å². The third-order valence-electron chi connectivity index (χ3n) is 6.50. The summed E-state index contributed by atoms with van der Waals surface area (Å²) in [4.78, 5) is 2.55. The molecule has 0 unspecified atom stereocenters. The molecule has 0 saturated carbocycles. The Bertz CT molecular complexity index is 803. The maximum atomic E-state index is 10.4. The van der Waals surface area contributed by atoms with E-state index >= 15 is 0 Å². The van der Waals surface area contributed by atoms with Crippen LogP contribution in [0.2, 0.25) is 0 Å². The van der Waals surface area contributed by atoms with Crippen LogP contribution in [0.15, 0.2) is 42.5 Å². The molecule has 0 amide bonds. The number of hydrogen-bond acceptors (Lipinski definition) is 5. The van der Waals surface area contributed by atoms with Crippen LogP contribution in [-0.4, -0.2) is 54.4 Å². The number of phenols is 2. The Morgan fingerprint density at radius 1 is 1.07 bits per heavy atom. The summed E-state index contributed by atoms with van der Waals surface area (Å²) in [5, 5.41) is 23.6. The molecule has 0 radical (unpaired) electrons. The van der Waals surface area contributed by atoms with Crippen LogP contribution in [0.25, 0.3) is 0 Å². The Morgan fingerprint density at radius 2 is 1.83 bits per heavy atom. The molecule has 2 aliphatic rings. The molecule has 0 aliphatic carbocycles. The Kier molecular flexibility index (Phi) is 6.38. The third-order valence-corrected chi connectivity index (χ3v) is 6.50. The van der Waals surface area contributed by atoms with Crippen LogP contribution < -0.4 is 5.32 Å². The minimum atomic E-state index is -0.0867. The van der Waals surface area contributed by atoms with Crippen molar-refractivity contribution in [3.05, 3.63) is 59.2 Å². The van der Waals surface area contributed by atoms with Gasteiger partial charge >= 0.3 is 0 Å². The van der Waals surface area contributed by atoms with E-state index in [9.17, 15) is 10.2 Å². The minimum Gasteiger partial charge on any atom is -0.504 e. The second-order valence-corrected chi connectivity index (χ2v) is 8.34. The molecule has 0 aromatic heterocycles. The summed E-state index contributed by atoms with van der Waals surface area (Å²) in [6.07, 6.45) is 3.99.